The fraction of sp³-hybridized carbons (Fsp3) is 0.400. The van der Waals surface area contributed by atoms with Crippen LogP contribution in [0.25, 0.3) is 0 Å². The summed E-state index contributed by atoms with van der Waals surface area (Å²) < 4.78 is 13.0. The molecule has 28 heavy (non-hydrogen) atoms. The first-order valence-electron chi connectivity index (χ1n) is 9.59. The number of hydrogen-bond donors (Lipinski definition) is 1. The number of aryl methyl sites for hydroxylation is 1. The summed E-state index contributed by atoms with van der Waals surface area (Å²) in [6.07, 6.45) is 5.42. The number of piperidine rings is 1. The van der Waals surface area contributed by atoms with Crippen LogP contribution in [-0.4, -0.2) is 39.3 Å². The van der Waals surface area contributed by atoms with Crippen LogP contribution >= 0.6 is 11.3 Å². The molecular formula is C20H23FN6S. The molecule has 0 radical (unpaired) electrons. The number of nitrogens with one attached hydrogen (secondary N) is 1. The highest BCUT2D eigenvalue weighted by molar-refractivity contribution is 7.15. The molecule has 1 N–H and O–H groups in total. The van der Waals surface area contributed by atoms with Crippen LogP contribution in [0.1, 0.15) is 36.0 Å². The first-order chi connectivity index (χ1) is 13.7. The van der Waals surface area contributed by atoms with E-state index in [1.54, 1.807) is 29.8 Å². The van der Waals surface area contributed by atoms with Gasteiger partial charge in [-0.1, -0.05) is 30.4 Å². The molecule has 1 saturated heterocycles. The molecule has 1 aromatic carbocycles. The van der Waals surface area contributed by atoms with Gasteiger partial charge in [-0.15, -0.1) is 10.2 Å². The predicted molar refractivity (Wildman–Crippen MR) is 109 cm³/mol. The minimum Gasteiger partial charge on any atom is -0.356 e. The van der Waals surface area contributed by atoms with E-state index in [1.165, 1.54) is 12.1 Å². The molecule has 1 fully saturated rings. The zero-order valence-electron chi connectivity index (χ0n) is 15.8. The van der Waals surface area contributed by atoms with Crippen molar-refractivity contribution in [2.45, 2.75) is 38.6 Å². The highest BCUT2D eigenvalue weighted by atomic mass is 32.1. The largest absolute Gasteiger partial charge is 0.356 e. The van der Waals surface area contributed by atoms with Crippen LogP contribution < -0.4 is 10.2 Å². The molecule has 1 atom stereocenters. The van der Waals surface area contributed by atoms with Crippen molar-refractivity contribution in [1.29, 1.82) is 0 Å². The van der Waals surface area contributed by atoms with Crippen LogP contribution in [0, 0.1) is 5.82 Å². The van der Waals surface area contributed by atoms with Crippen molar-refractivity contribution >= 4 is 22.3 Å². The topological polar surface area (TPSA) is 66.8 Å². The summed E-state index contributed by atoms with van der Waals surface area (Å²) in [5.74, 6) is 0.771. The van der Waals surface area contributed by atoms with E-state index in [4.69, 9.17) is 0 Å². The summed E-state index contributed by atoms with van der Waals surface area (Å²) >= 11 is 1.56. The summed E-state index contributed by atoms with van der Waals surface area (Å²) in [5, 5.41) is 13.8. The Labute approximate surface area is 167 Å². The van der Waals surface area contributed by atoms with Crippen molar-refractivity contribution in [2.75, 3.05) is 23.3 Å². The van der Waals surface area contributed by atoms with E-state index in [2.05, 4.69) is 43.4 Å². The molecule has 4 rings (SSSR count). The first kappa shape index (κ1) is 18.7. The van der Waals surface area contributed by atoms with Gasteiger partial charge in [-0.05, 0) is 37.0 Å². The van der Waals surface area contributed by atoms with Gasteiger partial charge < -0.3 is 10.2 Å². The van der Waals surface area contributed by atoms with Crippen LogP contribution in [0.4, 0.5) is 15.3 Å². The maximum absolute atomic E-state index is 13.0. The molecule has 3 heterocycles. The van der Waals surface area contributed by atoms with E-state index >= 15 is 0 Å². The molecule has 0 aliphatic carbocycles. The number of halogens is 1. The van der Waals surface area contributed by atoms with Crippen molar-refractivity contribution in [2.24, 2.45) is 0 Å². The molecule has 0 bridgehead atoms. The van der Waals surface area contributed by atoms with Gasteiger partial charge in [-0.3, -0.25) is 0 Å². The Morgan fingerprint density at radius 1 is 1.21 bits per heavy atom. The third-order valence-corrected chi connectivity index (χ3v) is 5.73. The molecule has 1 aliphatic rings. The normalized spacial score (nSPS) is 16.9. The Kier molecular flexibility index (Phi) is 5.76. The van der Waals surface area contributed by atoms with Crippen LogP contribution in [-0.2, 0) is 12.8 Å². The second-order valence-electron chi connectivity index (χ2n) is 6.95. The number of benzene rings is 1. The quantitative estimate of drug-likeness (QED) is 0.683. The zero-order chi connectivity index (χ0) is 19.3. The van der Waals surface area contributed by atoms with Gasteiger partial charge in [0.1, 0.15) is 23.0 Å². The van der Waals surface area contributed by atoms with Crippen molar-refractivity contribution in [3.05, 3.63) is 58.7 Å². The Morgan fingerprint density at radius 3 is 2.89 bits per heavy atom. The number of anilines is 2. The van der Waals surface area contributed by atoms with E-state index in [1.807, 2.05) is 0 Å². The van der Waals surface area contributed by atoms with Crippen molar-refractivity contribution in [1.82, 2.24) is 20.2 Å². The maximum atomic E-state index is 13.0. The van der Waals surface area contributed by atoms with Crippen molar-refractivity contribution < 1.29 is 4.39 Å². The van der Waals surface area contributed by atoms with Gasteiger partial charge in [0.25, 0.3) is 0 Å². The molecule has 3 aromatic rings. The van der Waals surface area contributed by atoms with E-state index in [-0.39, 0.29) is 5.82 Å². The van der Waals surface area contributed by atoms with E-state index in [0.717, 1.165) is 59.6 Å². The monoisotopic (exact) mass is 398 g/mol. The van der Waals surface area contributed by atoms with Gasteiger partial charge in [0, 0.05) is 37.3 Å². The fourth-order valence-electron chi connectivity index (χ4n) is 3.39. The minimum absolute atomic E-state index is 0.222. The molecule has 0 saturated carbocycles. The molecule has 6 nitrogen and oxygen atoms in total. The van der Waals surface area contributed by atoms with Crippen LogP contribution in [0.2, 0.25) is 0 Å². The highest BCUT2D eigenvalue weighted by Gasteiger charge is 2.22. The van der Waals surface area contributed by atoms with Gasteiger partial charge in [0.2, 0.25) is 5.13 Å². The number of aromatic nitrogens is 4. The SMILES string of the molecule is CCc1cc(N2CCCC(Nc3nnc(Cc4ccc(F)cc4)s3)C2)ncn1. The van der Waals surface area contributed by atoms with Crippen molar-refractivity contribution in [3.63, 3.8) is 0 Å². The Morgan fingerprint density at radius 2 is 2.07 bits per heavy atom. The molecule has 146 valence electrons. The molecule has 2 aromatic heterocycles. The Balaban J connectivity index is 1.37. The lowest BCUT2D eigenvalue weighted by molar-refractivity contribution is 0.525. The Hall–Kier alpha value is -2.61. The lowest BCUT2D eigenvalue weighted by Crippen LogP contribution is -2.42. The van der Waals surface area contributed by atoms with E-state index in [0.29, 0.717) is 12.5 Å². The molecule has 8 heteroatoms. The summed E-state index contributed by atoms with van der Waals surface area (Å²) in [4.78, 5) is 11.0. The number of nitrogens with zero attached hydrogens (tertiary/aromatic N) is 5. The van der Waals surface area contributed by atoms with Crippen molar-refractivity contribution in [3.8, 4) is 0 Å². The van der Waals surface area contributed by atoms with Crippen LogP contribution in [0.3, 0.4) is 0 Å². The lowest BCUT2D eigenvalue weighted by Gasteiger charge is -2.33. The smallest absolute Gasteiger partial charge is 0.205 e. The van der Waals surface area contributed by atoms with Gasteiger partial charge >= 0.3 is 0 Å². The van der Waals surface area contributed by atoms with E-state index in [9.17, 15) is 4.39 Å². The summed E-state index contributed by atoms with van der Waals surface area (Å²) in [7, 11) is 0. The van der Waals surface area contributed by atoms with E-state index < -0.39 is 0 Å². The summed E-state index contributed by atoms with van der Waals surface area (Å²) in [6.45, 7) is 3.99. The van der Waals surface area contributed by atoms with Gasteiger partial charge in [-0.25, -0.2) is 14.4 Å². The lowest BCUT2D eigenvalue weighted by atomic mass is 10.1. The molecule has 0 spiro atoms. The third-order valence-electron chi connectivity index (χ3n) is 4.88. The summed E-state index contributed by atoms with van der Waals surface area (Å²) in [6, 6.07) is 8.91. The predicted octanol–water partition coefficient (Wildman–Crippen LogP) is 3.70. The fourth-order valence-corrected chi connectivity index (χ4v) is 4.24. The van der Waals surface area contributed by atoms with Gasteiger partial charge in [0.15, 0.2) is 0 Å². The second-order valence-corrected chi connectivity index (χ2v) is 8.02. The molecule has 1 unspecified atom stereocenters. The minimum atomic E-state index is -0.222. The standard InChI is InChI=1S/C20H23FN6S/c1-2-16-11-18(23-13-22-16)27-9-3-4-17(12-27)24-20-26-25-19(28-20)10-14-5-7-15(21)8-6-14/h5-8,11,13,17H,2-4,9-10,12H2,1H3,(H,24,26). The number of hydrogen-bond acceptors (Lipinski definition) is 7. The Bertz CT molecular complexity index is 913. The highest BCUT2D eigenvalue weighted by Crippen LogP contribution is 2.24. The average molecular weight is 399 g/mol. The van der Waals surface area contributed by atoms with Crippen LogP contribution in [0.15, 0.2) is 36.7 Å². The van der Waals surface area contributed by atoms with Crippen LogP contribution in [0.5, 0.6) is 0 Å². The third kappa shape index (κ3) is 4.62. The zero-order valence-corrected chi connectivity index (χ0v) is 16.6. The van der Waals surface area contributed by atoms with Gasteiger partial charge in [0.05, 0.1) is 0 Å². The van der Waals surface area contributed by atoms with Gasteiger partial charge in [-0.2, -0.15) is 0 Å². The summed E-state index contributed by atoms with van der Waals surface area (Å²) in [5.41, 5.74) is 2.10. The second kappa shape index (κ2) is 8.60. The maximum Gasteiger partial charge on any atom is 0.205 e. The first-order valence-corrected chi connectivity index (χ1v) is 10.4. The average Bonchev–Trinajstić information content (AvgIpc) is 3.16. The number of rotatable bonds is 6. The molecule has 0 amide bonds. The molecule has 1 aliphatic heterocycles. The molecular weight excluding hydrogens is 375 g/mol.